The molecule has 0 aliphatic rings. The normalized spacial score (nSPS) is 10.4. The molecule has 0 saturated carbocycles. The van der Waals surface area contributed by atoms with Gasteiger partial charge in [0.1, 0.15) is 11.5 Å². The van der Waals surface area contributed by atoms with Gasteiger partial charge in [0.2, 0.25) is 11.1 Å². The first-order valence-corrected chi connectivity index (χ1v) is 8.20. The van der Waals surface area contributed by atoms with Crippen LogP contribution in [0.3, 0.4) is 0 Å². The van der Waals surface area contributed by atoms with Gasteiger partial charge >= 0.3 is 0 Å². The number of methoxy groups -OCH3 is 2. The lowest BCUT2D eigenvalue weighted by molar-refractivity contribution is -0.118. The number of benzene rings is 1. The number of nitrogens with one attached hydrogen (secondary N) is 2. The third kappa shape index (κ3) is 4.62. The number of carbonyl (C=O) groups excluding carboxylic acids is 1. The van der Waals surface area contributed by atoms with Crippen molar-refractivity contribution in [3.8, 4) is 22.9 Å². The first-order chi connectivity index (χ1) is 11.2. The smallest absolute Gasteiger partial charge is 0.230 e. The minimum Gasteiger partial charge on any atom is -0.497 e. The van der Waals surface area contributed by atoms with Crippen LogP contribution in [0.1, 0.15) is 13.3 Å². The van der Waals surface area contributed by atoms with Crippen LogP contribution in [0.25, 0.3) is 11.4 Å². The van der Waals surface area contributed by atoms with Crippen molar-refractivity contribution in [2.24, 2.45) is 0 Å². The van der Waals surface area contributed by atoms with Crippen LogP contribution in [0.15, 0.2) is 23.4 Å². The topological polar surface area (TPSA) is 89.1 Å². The van der Waals surface area contributed by atoms with E-state index in [9.17, 15) is 4.79 Å². The fourth-order valence-corrected chi connectivity index (χ4v) is 2.50. The Hall–Kier alpha value is -2.22. The van der Waals surface area contributed by atoms with Crippen LogP contribution < -0.4 is 14.8 Å². The molecule has 0 aliphatic heterocycles. The molecule has 0 saturated heterocycles. The number of hydrogen-bond donors (Lipinski definition) is 2. The number of H-pyrrole nitrogens is 1. The molecule has 2 rings (SSSR count). The second-order valence-corrected chi connectivity index (χ2v) is 5.61. The van der Waals surface area contributed by atoms with Gasteiger partial charge in [0, 0.05) is 12.6 Å². The first-order valence-electron chi connectivity index (χ1n) is 7.22. The number of nitrogens with zero attached hydrogens (tertiary/aromatic N) is 2. The summed E-state index contributed by atoms with van der Waals surface area (Å²) in [5, 5.41) is 10.3. The molecule has 1 heterocycles. The minimum atomic E-state index is -0.0229. The van der Waals surface area contributed by atoms with Crippen molar-refractivity contribution in [1.82, 2.24) is 20.5 Å². The second-order valence-electron chi connectivity index (χ2n) is 4.67. The molecular formula is C15H20N4O3S. The molecule has 1 aromatic carbocycles. The largest absolute Gasteiger partial charge is 0.497 e. The lowest BCUT2D eigenvalue weighted by Crippen LogP contribution is -2.25. The Bertz CT molecular complexity index is 660. The van der Waals surface area contributed by atoms with Crippen molar-refractivity contribution >= 4 is 17.7 Å². The summed E-state index contributed by atoms with van der Waals surface area (Å²) in [6.07, 6.45) is 0.915. The highest BCUT2D eigenvalue weighted by Crippen LogP contribution is 2.31. The standard InChI is InChI=1S/C15H20N4O3S/c1-4-7-16-13(20)9-23-15-17-14(18-19-15)11-6-5-10(21-2)8-12(11)22-3/h5-6,8H,4,7,9H2,1-3H3,(H,16,20)(H,17,18,19). The Morgan fingerprint density at radius 3 is 2.87 bits per heavy atom. The monoisotopic (exact) mass is 336 g/mol. The van der Waals surface area contributed by atoms with Gasteiger partial charge in [0.25, 0.3) is 0 Å². The molecule has 0 bridgehead atoms. The SMILES string of the molecule is CCCNC(=O)CSc1n[nH]c(-c2ccc(OC)cc2OC)n1. The maximum absolute atomic E-state index is 11.6. The van der Waals surface area contributed by atoms with Crippen LogP contribution in [0.4, 0.5) is 0 Å². The lowest BCUT2D eigenvalue weighted by Gasteiger charge is -2.07. The van der Waals surface area contributed by atoms with Crippen LogP contribution in [0, 0.1) is 0 Å². The van der Waals surface area contributed by atoms with Gasteiger partial charge in [0.05, 0.1) is 25.5 Å². The number of amides is 1. The van der Waals surface area contributed by atoms with Gasteiger partial charge in [-0.25, -0.2) is 4.98 Å². The Morgan fingerprint density at radius 2 is 2.17 bits per heavy atom. The van der Waals surface area contributed by atoms with E-state index in [2.05, 4.69) is 20.5 Å². The van der Waals surface area contributed by atoms with Crippen LogP contribution in [0.5, 0.6) is 11.5 Å². The van der Waals surface area contributed by atoms with E-state index in [1.54, 1.807) is 20.3 Å². The Labute approximate surface area is 139 Å². The molecule has 8 heteroatoms. The number of aromatic nitrogens is 3. The van der Waals surface area contributed by atoms with E-state index in [0.717, 1.165) is 12.0 Å². The summed E-state index contributed by atoms with van der Waals surface area (Å²) >= 11 is 1.28. The molecule has 0 unspecified atom stereocenters. The Kier molecular flexibility index (Phi) is 6.28. The highest BCUT2D eigenvalue weighted by atomic mass is 32.2. The van der Waals surface area contributed by atoms with E-state index < -0.39 is 0 Å². The number of rotatable bonds is 8. The van der Waals surface area contributed by atoms with Crippen molar-refractivity contribution in [2.75, 3.05) is 26.5 Å². The number of thioether (sulfide) groups is 1. The summed E-state index contributed by atoms with van der Waals surface area (Å²) < 4.78 is 10.5. The quantitative estimate of drug-likeness (QED) is 0.718. The highest BCUT2D eigenvalue weighted by Gasteiger charge is 2.13. The zero-order valence-corrected chi connectivity index (χ0v) is 14.2. The number of carbonyl (C=O) groups is 1. The van der Waals surface area contributed by atoms with E-state index in [1.807, 2.05) is 19.1 Å². The fourth-order valence-electron chi connectivity index (χ4n) is 1.87. The maximum atomic E-state index is 11.6. The highest BCUT2D eigenvalue weighted by molar-refractivity contribution is 7.99. The van der Waals surface area contributed by atoms with Crippen molar-refractivity contribution in [3.05, 3.63) is 18.2 Å². The molecule has 0 fully saturated rings. The number of aromatic amines is 1. The second kappa shape index (κ2) is 8.42. The average Bonchev–Trinajstić information content (AvgIpc) is 3.06. The molecule has 7 nitrogen and oxygen atoms in total. The van der Waals surface area contributed by atoms with Gasteiger partial charge in [-0.2, -0.15) is 0 Å². The zero-order valence-electron chi connectivity index (χ0n) is 13.4. The van der Waals surface area contributed by atoms with Crippen LogP contribution in [-0.2, 0) is 4.79 Å². The molecule has 0 radical (unpaired) electrons. The van der Waals surface area contributed by atoms with Crippen molar-refractivity contribution in [3.63, 3.8) is 0 Å². The zero-order chi connectivity index (χ0) is 16.7. The third-order valence-corrected chi connectivity index (χ3v) is 3.88. The molecule has 0 atom stereocenters. The van der Waals surface area contributed by atoms with E-state index in [4.69, 9.17) is 9.47 Å². The van der Waals surface area contributed by atoms with Gasteiger partial charge in [0.15, 0.2) is 5.82 Å². The van der Waals surface area contributed by atoms with Gasteiger partial charge in [-0.1, -0.05) is 18.7 Å². The van der Waals surface area contributed by atoms with Gasteiger partial charge in [-0.05, 0) is 18.6 Å². The van der Waals surface area contributed by atoms with E-state index in [-0.39, 0.29) is 11.7 Å². The summed E-state index contributed by atoms with van der Waals surface area (Å²) in [5.74, 6) is 2.19. The van der Waals surface area contributed by atoms with Gasteiger partial charge < -0.3 is 14.8 Å². The molecule has 0 aliphatic carbocycles. The summed E-state index contributed by atoms with van der Waals surface area (Å²) in [6, 6.07) is 5.45. The lowest BCUT2D eigenvalue weighted by atomic mass is 10.2. The van der Waals surface area contributed by atoms with Gasteiger partial charge in [-0.3, -0.25) is 9.89 Å². The third-order valence-electron chi connectivity index (χ3n) is 3.03. The molecule has 1 aromatic heterocycles. The Morgan fingerprint density at radius 1 is 1.35 bits per heavy atom. The minimum absolute atomic E-state index is 0.0229. The first kappa shape index (κ1) is 17.1. The number of ether oxygens (including phenoxy) is 2. The molecular weight excluding hydrogens is 316 g/mol. The fraction of sp³-hybridized carbons (Fsp3) is 0.400. The Balaban J connectivity index is 2.06. The number of hydrogen-bond acceptors (Lipinski definition) is 6. The summed E-state index contributed by atoms with van der Waals surface area (Å²) in [5.41, 5.74) is 0.781. The molecule has 2 aromatic rings. The summed E-state index contributed by atoms with van der Waals surface area (Å²) in [6.45, 7) is 2.69. The summed E-state index contributed by atoms with van der Waals surface area (Å²) in [7, 11) is 3.18. The van der Waals surface area contributed by atoms with Gasteiger partial charge in [-0.15, -0.1) is 5.10 Å². The van der Waals surface area contributed by atoms with E-state index in [1.165, 1.54) is 11.8 Å². The predicted molar refractivity (Wildman–Crippen MR) is 88.9 cm³/mol. The van der Waals surface area contributed by atoms with Crippen LogP contribution in [-0.4, -0.2) is 47.6 Å². The average molecular weight is 336 g/mol. The van der Waals surface area contributed by atoms with Crippen molar-refractivity contribution in [1.29, 1.82) is 0 Å². The van der Waals surface area contributed by atoms with Crippen LogP contribution in [0.2, 0.25) is 0 Å². The molecule has 124 valence electrons. The maximum Gasteiger partial charge on any atom is 0.230 e. The van der Waals surface area contributed by atoms with E-state index >= 15 is 0 Å². The molecule has 23 heavy (non-hydrogen) atoms. The molecule has 0 spiro atoms. The summed E-state index contributed by atoms with van der Waals surface area (Å²) in [4.78, 5) is 16.0. The predicted octanol–water partition coefficient (Wildman–Crippen LogP) is 2.11. The van der Waals surface area contributed by atoms with Crippen molar-refractivity contribution in [2.45, 2.75) is 18.5 Å². The van der Waals surface area contributed by atoms with E-state index in [0.29, 0.717) is 29.0 Å². The van der Waals surface area contributed by atoms with Crippen LogP contribution >= 0.6 is 11.8 Å². The molecule has 1 amide bonds. The van der Waals surface area contributed by atoms with Crippen molar-refractivity contribution < 1.29 is 14.3 Å². The molecule has 2 N–H and O–H groups in total.